The number of aliphatic carboxylic acids is 1. The second-order valence-electron chi connectivity index (χ2n) is 2.70. The molecule has 0 aliphatic heterocycles. The maximum atomic E-state index is 11.4. The van der Waals surface area contributed by atoms with Crippen LogP contribution in [0, 0.1) is 2.88 Å². The van der Waals surface area contributed by atoms with Gasteiger partial charge in [-0.05, 0) is 28.7 Å². The van der Waals surface area contributed by atoms with Crippen LogP contribution in [-0.4, -0.2) is 34.7 Å². The maximum absolute atomic E-state index is 11.4. The fraction of sp³-hybridized carbons (Fsp3) is 0.250. The average molecular weight is 341 g/mol. The molecule has 1 atom stereocenters. The van der Waals surface area contributed by atoms with Crippen LogP contribution in [0.15, 0.2) is 11.4 Å². The molecular weight excluding hydrogens is 333 g/mol. The summed E-state index contributed by atoms with van der Waals surface area (Å²) in [6.07, 6.45) is -1.56. The number of amides is 1. The van der Waals surface area contributed by atoms with E-state index in [-0.39, 0.29) is 12.5 Å². The zero-order valence-corrected chi connectivity index (χ0v) is 10.4. The van der Waals surface area contributed by atoms with E-state index in [9.17, 15) is 9.59 Å². The van der Waals surface area contributed by atoms with Crippen LogP contribution < -0.4 is 5.32 Å². The number of aliphatic hydroxyl groups excluding tert-OH is 1. The van der Waals surface area contributed by atoms with Crippen molar-refractivity contribution in [2.45, 2.75) is 6.10 Å². The van der Waals surface area contributed by atoms with E-state index in [4.69, 9.17) is 10.2 Å². The monoisotopic (exact) mass is 341 g/mol. The first-order valence-electron chi connectivity index (χ1n) is 3.94. The zero-order chi connectivity index (χ0) is 11.4. The summed E-state index contributed by atoms with van der Waals surface area (Å²) < 4.78 is 0.969. The minimum atomic E-state index is -1.56. The number of carboxylic acid groups (broad SMARTS) is 1. The molecule has 1 rings (SSSR count). The fourth-order valence-corrected chi connectivity index (χ4v) is 2.13. The lowest BCUT2D eigenvalue weighted by molar-refractivity contribution is -0.146. The summed E-state index contributed by atoms with van der Waals surface area (Å²) >= 11 is 3.50. The first-order chi connectivity index (χ1) is 7.00. The van der Waals surface area contributed by atoms with Crippen molar-refractivity contribution < 1.29 is 19.8 Å². The molecule has 0 bridgehead atoms. The van der Waals surface area contributed by atoms with E-state index < -0.39 is 12.1 Å². The summed E-state index contributed by atoms with van der Waals surface area (Å²) in [5, 5.41) is 21.3. The quantitative estimate of drug-likeness (QED) is 0.698. The molecule has 0 saturated heterocycles. The van der Waals surface area contributed by atoms with Crippen LogP contribution in [0.25, 0.3) is 0 Å². The molecule has 0 aromatic carbocycles. The summed E-state index contributed by atoms with van der Waals surface area (Å²) in [4.78, 5) is 21.6. The number of carbonyl (C=O) groups is 2. The van der Waals surface area contributed by atoms with Gasteiger partial charge in [0.25, 0.3) is 5.91 Å². The Morgan fingerprint density at radius 2 is 2.27 bits per heavy atom. The van der Waals surface area contributed by atoms with Gasteiger partial charge in [-0.25, -0.2) is 4.79 Å². The number of thiophene rings is 1. The number of nitrogens with one attached hydrogen (secondary N) is 1. The molecule has 1 amide bonds. The lowest BCUT2D eigenvalue weighted by Crippen LogP contribution is -2.36. The molecule has 5 nitrogen and oxygen atoms in total. The SMILES string of the molecule is O=C(NC[C@H](O)C(=O)O)c1csc(I)c1. The Morgan fingerprint density at radius 1 is 1.60 bits per heavy atom. The van der Waals surface area contributed by atoms with Crippen LogP contribution in [0.5, 0.6) is 0 Å². The summed E-state index contributed by atoms with van der Waals surface area (Å²) in [5.41, 5.74) is 0.474. The minimum absolute atomic E-state index is 0.291. The fourth-order valence-electron chi connectivity index (χ4n) is 0.808. The zero-order valence-electron chi connectivity index (χ0n) is 7.44. The molecule has 15 heavy (non-hydrogen) atoms. The number of hydrogen-bond acceptors (Lipinski definition) is 4. The molecule has 7 heteroatoms. The highest BCUT2D eigenvalue weighted by Crippen LogP contribution is 2.16. The molecule has 0 aliphatic rings. The van der Waals surface area contributed by atoms with E-state index in [2.05, 4.69) is 27.9 Å². The van der Waals surface area contributed by atoms with Crippen LogP contribution in [0.1, 0.15) is 10.4 Å². The van der Waals surface area contributed by atoms with Gasteiger partial charge in [0.2, 0.25) is 0 Å². The molecule has 0 saturated carbocycles. The average Bonchev–Trinajstić information content (AvgIpc) is 2.60. The van der Waals surface area contributed by atoms with Crippen LogP contribution in [0.4, 0.5) is 0 Å². The van der Waals surface area contributed by atoms with Gasteiger partial charge >= 0.3 is 5.97 Å². The van der Waals surface area contributed by atoms with Gasteiger partial charge in [-0.1, -0.05) is 0 Å². The first-order valence-corrected chi connectivity index (χ1v) is 5.89. The Kier molecular flexibility index (Phi) is 4.48. The van der Waals surface area contributed by atoms with Crippen LogP contribution in [0.2, 0.25) is 0 Å². The van der Waals surface area contributed by atoms with Crippen LogP contribution in [-0.2, 0) is 4.79 Å². The Morgan fingerprint density at radius 3 is 2.73 bits per heavy atom. The highest BCUT2D eigenvalue weighted by atomic mass is 127. The minimum Gasteiger partial charge on any atom is -0.479 e. The summed E-state index contributed by atoms with van der Waals surface area (Å²) in [6.45, 7) is -0.291. The largest absolute Gasteiger partial charge is 0.479 e. The summed E-state index contributed by atoms with van der Waals surface area (Å²) in [6, 6.07) is 1.69. The second-order valence-corrected chi connectivity index (χ2v) is 5.51. The number of halogens is 1. The number of aliphatic hydroxyl groups is 1. The summed E-state index contributed by atoms with van der Waals surface area (Å²) in [5.74, 6) is -1.73. The van der Waals surface area contributed by atoms with Gasteiger partial charge in [0.15, 0.2) is 6.10 Å². The highest BCUT2D eigenvalue weighted by molar-refractivity contribution is 14.1. The molecule has 0 aliphatic carbocycles. The molecule has 0 unspecified atom stereocenters. The predicted molar refractivity (Wildman–Crippen MR) is 63.0 cm³/mol. The molecule has 1 heterocycles. The van der Waals surface area contributed by atoms with Crippen molar-refractivity contribution in [2.24, 2.45) is 0 Å². The molecule has 0 spiro atoms. The number of rotatable bonds is 4. The van der Waals surface area contributed by atoms with E-state index in [1.807, 2.05) is 0 Å². The molecular formula is C8H8INO4S. The Bertz CT molecular complexity index is 378. The van der Waals surface area contributed by atoms with E-state index >= 15 is 0 Å². The number of carboxylic acids is 1. The Balaban J connectivity index is 2.47. The molecule has 0 fully saturated rings. The number of hydrogen-bond donors (Lipinski definition) is 3. The third-order valence-electron chi connectivity index (χ3n) is 1.57. The van der Waals surface area contributed by atoms with Crippen LogP contribution in [0.3, 0.4) is 0 Å². The standard InChI is InChI=1S/C8H8INO4S/c9-6-1-4(3-15-6)7(12)10-2-5(11)8(13)14/h1,3,5,11H,2H2,(H,10,12)(H,13,14)/t5-/m0/s1. The van der Waals surface area contributed by atoms with Crippen molar-refractivity contribution in [1.82, 2.24) is 5.32 Å². The van der Waals surface area contributed by atoms with E-state index in [0.717, 1.165) is 2.88 Å². The Labute approximate surface area is 103 Å². The van der Waals surface area contributed by atoms with Crippen molar-refractivity contribution in [3.63, 3.8) is 0 Å². The van der Waals surface area contributed by atoms with Gasteiger partial charge in [0.05, 0.1) is 15.0 Å². The van der Waals surface area contributed by atoms with Crippen LogP contribution >= 0.6 is 33.9 Å². The van der Waals surface area contributed by atoms with E-state index in [0.29, 0.717) is 5.56 Å². The molecule has 1 aromatic rings. The molecule has 0 radical (unpaired) electrons. The summed E-state index contributed by atoms with van der Waals surface area (Å²) in [7, 11) is 0. The van der Waals surface area contributed by atoms with E-state index in [1.54, 1.807) is 11.4 Å². The van der Waals surface area contributed by atoms with Gasteiger partial charge in [0, 0.05) is 5.38 Å². The van der Waals surface area contributed by atoms with Gasteiger partial charge in [-0.2, -0.15) is 0 Å². The maximum Gasteiger partial charge on any atom is 0.334 e. The Hall–Kier alpha value is -0.670. The smallest absolute Gasteiger partial charge is 0.334 e. The van der Waals surface area contributed by atoms with Gasteiger partial charge in [-0.3, -0.25) is 4.79 Å². The van der Waals surface area contributed by atoms with Crippen molar-refractivity contribution >= 4 is 45.8 Å². The normalized spacial score (nSPS) is 12.1. The van der Waals surface area contributed by atoms with Crippen molar-refractivity contribution in [1.29, 1.82) is 0 Å². The van der Waals surface area contributed by atoms with Gasteiger partial charge < -0.3 is 15.5 Å². The van der Waals surface area contributed by atoms with Crippen molar-refractivity contribution in [2.75, 3.05) is 6.54 Å². The van der Waals surface area contributed by atoms with Crippen molar-refractivity contribution in [3.05, 3.63) is 19.9 Å². The second kappa shape index (κ2) is 5.42. The van der Waals surface area contributed by atoms with E-state index in [1.165, 1.54) is 11.3 Å². The highest BCUT2D eigenvalue weighted by Gasteiger charge is 2.15. The molecule has 1 aromatic heterocycles. The third kappa shape index (κ3) is 3.76. The topological polar surface area (TPSA) is 86.6 Å². The molecule has 82 valence electrons. The lowest BCUT2D eigenvalue weighted by Gasteiger charge is -2.06. The number of carbonyl (C=O) groups excluding carboxylic acids is 1. The van der Waals surface area contributed by atoms with Gasteiger partial charge in [0.1, 0.15) is 0 Å². The van der Waals surface area contributed by atoms with Gasteiger partial charge in [-0.15, -0.1) is 11.3 Å². The first kappa shape index (κ1) is 12.4. The predicted octanol–water partition coefficient (Wildman–Crippen LogP) is 0.528. The van der Waals surface area contributed by atoms with Crippen molar-refractivity contribution in [3.8, 4) is 0 Å². The third-order valence-corrected chi connectivity index (χ3v) is 3.36. The molecule has 3 N–H and O–H groups in total. The lowest BCUT2D eigenvalue weighted by atomic mass is 10.3.